The molecule has 0 spiro atoms. The van der Waals surface area contributed by atoms with Crippen LogP contribution < -0.4 is 9.47 Å². The molecule has 0 aliphatic heterocycles. The van der Waals surface area contributed by atoms with E-state index >= 15 is 0 Å². The lowest BCUT2D eigenvalue weighted by Gasteiger charge is -2.18. The Morgan fingerprint density at radius 1 is 1.09 bits per heavy atom. The van der Waals surface area contributed by atoms with Gasteiger partial charge in [-0.05, 0) is 29.8 Å². The number of hydrogen-bond acceptors (Lipinski definition) is 3. The van der Waals surface area contributed by atoms with E-state index in [1.54, 1.807) is 43.3 Å². The summed E-state index contributed by atoms with van der Waals surface area (Å²) in [5, 5.41) is 0.678. The Hall–Kier alpha value is -2.20. The molecule has 4 nitrogen and oxygen atoms in total. The second kappa shape index (κ2) is 7.71. The first-order valence-electron chi connectivity index (χ1n) is 6.84. The average Bonchev–Trinajstić information content (AvgIpc) is 2.54. The molecule has 1 amide bonds. The van der Waals surface area contributed by atoms with Crippen LogP contribution in [0.4, 0.5) is 0 Å². The van der Waals surface area contributed by atoms with E-state index in [2.05, 4.69) is 0 Å². The minimum absolute atomic E-state index is 0.0372. The molecule has 0 radical (unpaired) electrons. The lowest BCUT2D eigenvalue weighted by Crippen LogP contribution is -2.31. The summed E-state index contributed by atoms with van der Waals surface area (Å²) >= 11 is 5.84. The van der Waals surface area contributed by atoms with Gasteiger partial charge in [-0.3, -0.25) is 4.79 Å². The monoisotopic (exact) mass is 319 g/mol. The number of carbonyl (C=O) groups is 1. The van der Waals surface area contributed by atoms with Gasteiger partial charge in [-0.15, -0.1) is 0 Å². The van der Waals surface area contributed by atoms with Crippen molar-refractivity contribution in [1.82, 2.24) is 4.90 Å². The van der Waals surface area contributed by atoms with E-state index < -0.39 is 0 Å². The maximum absolute atomic E-state index is 12.1. The third kappa shape index (κ3) is 4.40. The Morgan fingerprint density at radius 2 is 1.73 bits per heavy atom. The molecule has 22 heavy (non-hydrogen) atoms. The molecule has 0 N–H and O–H groups in total. The molecule has 0 fully saturated rings. The summed E-state index contributed by atoms with van der Waals surface area (Å²) in [6.45, 7) is 0.468. The molecule has 0 aliphatic rings. The first-order chi connectivity index (χ1) is 10.6. The molecule has 0 bridgehead atoms. The van der Waals surface area contributed by atoms with Crippen LogP contribution in [0.1, 0.15) is 5.56 Å². The summed E-state index contributed by atoms with van der Waals surface area (Å²) in [5.74, 6) is 1.05. The van der Waals surface area contributed by atoms with Crippen molar-refractivity contribution in [3.63, 3.8) is 0 Å². The van der Waals surface area contributed by atoms with Gasteiger partial charge in [0, 0.05) is 18.6 Å². The number of amides is 1. The second-order valence-electron chi connectivity index (χ2n) is 4.82. The predicted octanol–water partition coefficient (Wildman–Crippen LogP) is 3.39. The van der Waals surface area contributed by atoms with Crippen LogP contribution in [-0.2, 0) is 11.3 Å². The molecular formula is C17H18ClNO3. The fourth-order valence-corrected chi connectivity index (χ4v) is 2.07. The summed E-state index contributed by atoms with van der Waals surface area (Å²) in [7, 11) is 3.30. The predicted molar refractivity (Wildman–Crippen MR) is 86.4 cm³/mol. The Morgan fingerprint density at radius 3 is 2.36 bits per heavy atom. The van der Waals surface area contributed by atoms with Crippen LogP contribution in [-0.4, -0.2) is 31.6 Å². The number of ether oxygens (including phenoxy) is 2. The Balaban J connectivity index is 1.90. The highest BCUT2D eigenvalue weighted by Gasteiger charge is 2.11. The average molecular weight is 320 g/mol. The maximum atomic E-state index is 12.1. The molecule has 0 atom stereocenters. The Kier molecular flexibility index (Phi) is 5.67. The van der Waals surface area contributed by atoms with Gasteiger partial charge < -0.3 is 14.4 Å². The first-order valence-corrected chi connectivity index (χ1v) is 7.22. The SMILES string of the molecule is COc1ccccc1OCC(=O)N(C)Cc1ccc(Cl)cc1. The van der Waals surface area contributed by atoms with Gasteiger partial charge in [-0.1, -0.05) is 35.9 Å². The number of hydrogen-bond donors (Lipinski definition) is 0. The Labute approximate surface area is 135 Å². The van der Waals surface area contributed by atoms with Crippen LogP contribution >= 0.6 is 11.6 Å². The van der Waals surface area contributed by atoms with Gasteiger partial charge >= 0.3 is 0 Å². The van der Waals surface area contributed by atoms with Crippen molar-refractivity contribution in [2.75, 3.05) is 20.8 Å². The normalized spacial score (nSPS) is 10.1. The molecule has 0 heterocycles. The van der Waals surface area contributed by atoms with Crippen molar-refractivity contribution in [1.29, 1.82) is 0 Å². The lowest BCUT2D eigenvalue weighted by molar-refractivity contribution is -0.132. The topological polar surface area (TPSA) is 38.8 Å². The van der Waals surface area contributed by atoms with E-state index in [0.29, 0.717) is 23.1 Å². The van der Waals surface area contributed by atoms with Crippen LogP contribution in [0.15, 0.2) is 48.5 Å². The zero-order valence-electron chi connectivity index (χ0n) is 12.6. The van der Waals surface area contributed by atoms with Gasteiger partial charge in [-0.2, -0.15) is 0 Å². The minimum atomic E-state index is -0.110. The number of carbonyl (C=O) groups excluding carboxylic acids is 1. The Bertz CT molecular complexity index is 628. The van der Waals surface area contributed by atoms with Crippen molar-refractivity contribution in [3.8, 4) is 11.5 Å². The summed E-state index contributed by atoms with van der Waals surface area (Å²) in [6.07, 6.45) is 0. The van der Waals surface area contributed by atoms with Crippen molar-refractivity contribution in [3.05, 3.63) is 59.1 Å². The zero-order valence-corrected chi connectivity index (χ0v) is 13.3. The highest BCUT2D eigenvalue weighted by atomic mass is 35.5. The fourth-order valence-electron chi connectivity index (χ4n) is 1.94. The van der Waals surface area contributed by atoms with E-state index in [1.807, 2.05) is 24.3 Å². The van der Waals surface area contributed by atoms with Gasteiger partial charge in [0.05, 0.1) is 7.11 Å². The van der Waals surface area contributed by atoms with Crippen LogP contribution in [0, 0.1) is 0 Å². The largest absolute Gasteiger partial charge is 0.493 e. The van der Waals surface area contributed by atoms with E-state index in [-0.39, 0.29) is 12.5 Å². The number of benzene rings is 2. The van der Waals surface area contributed by atoms with Gasteiger partial charge in [0.2, 0.25) is 0 Å². The van der Waals surface area contributed by atoms with Crippen molar-refractivity contribution < 1.29 is 14.3 Å². The van der Waals surface area contributed by atoms with Crippen molar-refractivity contribution in [2.45, 2.75) is 6.54 Å². The molecular weight excluding hydrogens is 302 g/mol. The standard InChI is InChI=1S/C17H18ClNO3/c1-19(11-13-7-9-14(18)10-8-13)17(20)12-22-16-6-4-3-5-15(16)21-2/h3-10H,11-12H2,1-2H3. The molecule has 2 aromatic rings. The molecule has 2 aromatic carbocycles. The quantitative estimate of drug-likeness (QED) is 0.819. The van der Waals surface area contributed by atoms with E-state index in [4.69, 9.17) is 21.1 Å². The molecule has 5 heteroatoms. The number of halogens is 1. The van der Waals surface area contributed by atoms with E-state index in [1.165, 1.54) is 0 Å². The number of para-hydroxylation sites is 2. The third-order valence-corrected chi connectivity index (χ3v) is 3.43. The van der Waals surface area contributed by atoms with Crippen LogP contribution in [0.2, 0.25) is 5.02 Å². The highest BCUT2D eigenvalue weighted by Crippen LogP contribution is 2.25. The number of nitrogens with zero attached hydrogens (tertiary/aromatic N) is 1. The summed E-state index contributed by atoms with van der Waals surface area (Å²) in [6, 6.07) is 14.6. The highest BCUT2D eigenvalue weighted by molar-refractivity contribution is 6.30. The minimum Gasteiger partial charge on any atom is -0.493 e. The van der Waals surface area contributed by atoms with Crippen molar-refractivity contribution in [2.24, 2.45) is 0 Å². The number of rotatable bonds is 6. The van der Waals surface area contributed by atoms with Crippen LogP contribution in [0.3, 0.4) is 0 Å². The molecule has 116 valence electrons. The first kappa shape index (κ1) is 16.2. The second-order valence-corrected chi connectivity index (χ2v) is 5.25. The van der Waals surface area contributed by atoms with Gasteiger partial charge in [0.15, 0.2) is 18.1 Å². The third-order valence-electron chi connectivity index (χ3n) is 3.18. The number of methoxy groups -OCH3 is 1. The van der Waals surface area contributed by atoms with Gasteiger partial charge in [0.25, 0.3) is 5.91 Å². The fraction of sp³-hybridized carbons (Fsp3) is 0.235. The number of likely N-dealkylation sites (N-methyl/N-ethyl adjacent to an activating group) is 1. The van der Waals surface area contributed by atoms with Crippen molar-refractivity contribution >= 4 is 17.5 Å². The molecule has 0 saturated carbocycles. The maximum Gasteiger partial charge on any atom is 0.260 e. The molecule has 0 unspecified atom stereocenters. The molecule has 0 aromatic heterocycles. The van der Waals surface area contributed by atoms with Gasteiger partial charge in [0.1, 0.15) is 0 Å². The zero-order chi connectivity index (χ0) is 15.9. The van der Waals surface area contributed by atoms with Crippen LogP contribution in [0.5, 0.6) is 11.5 Å². The molecule has 0 saturated heterocycles. The van der Waals surface area contributed by atoms with E-state index in [9.17, 15) is 4.79 Å². The summed E-state index contributed by atoms with van der Waals surface area (Å²) in [4.78, 5) is 13.7. The lowest BCUT2D eigenvalue weighted by atomic mass is 10.2. The van der Waals surface area contributed by atoms with E-state index in [0.717, 1.165) is 5.56 Å². The summed E-state index contributed by atoms with van der Waals surface area (Å²) < 4.78 is 10.7. The summed E-state index contributed by atoms with van der Waals surface area (Å²) in [5.41, 5.74) is 1.01. The smallest absolute Gasteiger partial charge is 0.260 e. The van der Waals surface area contributed by atoms with Gasteiger partial charge in [-0.25, -0.2) is 0 Å². The molecule has 2 rings (SSSR count). The molecule has 0 aliphatic carbocycles. The van der Waals surface area contributed by atoms with Crippen LogP contribution in [0.25, 0.3) is 0 Å².